The van der Waals surface area contributed by atoms with Crippen LogP contribution in [0.2, 0.25) is 0 Å². The molecule has 8 rings (SSSR count). The summed E-state index contributed by atoms with van der Waals surface area (Å²) in [4.78, 5) is 77.4. The quantitative estimate of drug-likeness (QED) is 0.0297. The topological polar surface area (TPSA) is 684 Å². The van der Waals surface area contributed by atoms with E-state index in [9.17, 15) is 131 Å². The first-order valence-corrected chi connectivity index (χ1v) is 36.0. The molecule has 640 valence electrons. The molecule has 0 radical (unpaired) electrons. The van der Waals surface area contributed by atoms with E-state index in [1.54, 1.807) is 60.7 Å². The van der Waals surface area contributed by atoms with E-state index in [0.29, 0.717) is 11.1 Å². The summed E-state index contributed by atoms with van der Waals surface area (Å²) >= 11 is 0. The number of carboxylic acids is 2. The van der Waals surface area contributed by atoms with Crippen molar-refractivity contribution >= 4 is 35.6 Å². The summed E-state index contributed by atoms with van der Waals surface area (Å²) in [6.45, 7) is -5.25. The summed E-state index contributed by atoms with van der Waals surface area (Å²) in [6, 6.07) is 10.3. The maximum atomic E-state index is 13.3. The zero-order chi connectivity index (χ0) is 83.1. The molecule has 6 saturated heterocycles. The van der Waals surface area contributed by atoms with Crippen molar-refractivity contribution in [3.05, 3.63) is 71.8 Å². The third-order valence-electron chi connectivity index (χ3n) is 19.8. The van der Waals surface area contributed by atoms with Gasteiger partial charge in [0.2, 0.25) is 23.6 Å². The summed E-state index contributed by atoms with van der Waals surface area (Å²) in [5.41, 5.74) is -0.463. The van der Waals surface area contributed by atoms with E-state index < -0.39 is 315 Å². The number of nitrogens with one attached hydrogen (secondary N) is 4. The number of aliphatic hydroxyl groups excluding tert-OH is 18. The Kier molecular flexibility index (Phi) is 33.9. The Morgan fingerprint density at radius 2 is 0.752 bits per heavy atom. The van der Waals surface area contributed by atoms with Gasteiger partial charge in [0, 0.05) is 40.5 Å². The number of aliphatic hydroxyl groups is 18. The number of rotatable bonds is 38. The number of ether oxygens (including phenoxy) is 14. The van der Waals surface area contributed by atoms with Crippen molar-refractivity contribution in [3.8, 4) is 0 Å². The zero-order valence-electron chi connectivity index (χ0n) is 61.6. The molecule has 6 fully saturated rings. The molecule has 2 aromatic carbocycles. The first-order chi connectivity index (χ1) is 53.5. The maximum Gasteiger partial charge on any atom is 0.364 e. The smallest absolute Gasteiger partial charge is 0.364 e. The van der Waals surface area contributed by atoms with Crippen molar-refractivity contribution in [1.82, 2.24) is 21.3 Å². The lowest BCUT2D eigenvalue weighted by Gasteiger charge is -2.51. The maximum absolute atomic E-state index is 13.3. The number of amides is 4. The van der Waals surface area contributed by atoms with E-state index in [1.165, 1.54) is 0 Å². The summed E-state index contributed by atoms with van der Waals surface area (Å²) in [7, 11) is 0. The second kappa shape index (κ2) is 41.4. The van der Waals surface area contributed by atoms with Crippen molar-refractivity contribution in [2.45, 2.75) is 249 Å². The molecule has 0 aromatic heterocycles. The predicted molar refractivity (Wildman–Crippen MR) is 365 cm³/mol. The van der Waals surface area contributed by atoms with E-state index in [1.807, 2.05) is 0 Å². The van der Waals surface area contributed by atoms with Gasteiger partial charge in [0.25, 0.3) is 11.6 Å². The molecule has 0 aliphatic carbocycles. The Morgan fingerprint density at radius 1 is 0.434 bits per heavy atom. The van der Waals surface area contributed by atoms with Crippen LogP contribution < -0.4 is 21.3 Å². The minimum atomic E-state index is -3.22. The molecule has 6 heterocycles. The highest BCUT2D eigenvalue weighted by Gasteiger charge is 2.63. The van der Waals surface area contributed by atoms with Crippen LogP contribution in [-0.4, -0.2) is 399 Å². The van der Waals surface area contributed by atoms with Gasteiger partial charge in [-0.05, 0) is 11.1 Å². The van der Waals surface area contributed by atoms with Gasteiger partial charge < -0.3 is 190 Å². The van der Waals surface area contributed by atoms with E-state index in [0.717, 1.165) is 27.7 Å². The lowest BCUT2D eigenvalue weighted by Crippen LogP contribution is -2.71. The predicted octanol–water partition coefficient (Wildman–Crippen LogP) is -11.7. The van der Waals surface area contributed by atoms with Crippen molar-refractivity contribution in [2.75, 3.05) is 66.1 Å². The second-order valence-electron chi connectivity index (χ2n) is 28.5. The SMILES string of the molecule is CC(=O)N[C@H]1[C@H](OCC(COCc2ccccc2)(COCc2ccccc2)CO[C@@H]2O[C@H](CO)[C@@H](O[C@@H]3O[C@H](CO)[C@H](O)[C@H](O[C@]4(C(=O)O)C[C@H](O)[C@@H](NC(C)=O)[C@H]([C@H](O)[C@H](O)CO)O4)[C@H]3O)[C@H](O)[C@H]2NC(C)=O)O[C@H](CO)[C@@H](O[C@@H]2O[C@H](CO)[C@H](O)[C@H](O[C@]3(C(=O)O)C[C@H](O)[C@@H](NC(C)=O)[C@H]([C@H](O)[C@H](O)CO)O3)[C@H]2O)[C@@H]1O. The average molecular weight is 1630 g/mol. The number of carbonyl (C=O) groups is 6. The van der Waals surface area contributed by atoms with Crippen LogP contribution in [0.4, 0.5) is 0 Å². The summed E-state index contributed by atoms with van der Waals surface area (Å²) < 4.78 is 85.0. The van der Waals surface area contributed by atoms with Gasteiger partial charge in [-0.2, -0.15) is 0 Å². The highest BCUT2D eigenvalue weighted by atomic mass is 16.8. The molecular weight excluding hydrogens is 1520 g/mol. The molecule has 24 N–H and O–H groups in total. The molecule has 6 aliphatic heterocycles. The Bertz CT molecular complexity index is 3140. The molecule has 0 saturated carbocycles. The molecule has 0 bridgehead atoms. The monoisotopic (exact) mass is 1630 g/mol. The molecule has 44 nitrogen and oxygen atoms in total. The summed E-state index contributed by atoms with van der Waals surface area (Å²) in [5.74, 6) is -14.0. The molecule has 4 amide bonds. The Labute approximate surface area is 644 Å². The van der Waals surface area contributed by atoms with Crippen molar-refractivity contribution in [3.63, 3.8) is 0 Å². The van der Waals surface area contributed by atoms with E-state index in [2.05, 4.69) is 21.3 Å². The van der Waals surface area contributed by atoms with Gasteiger partial charge in [-0.15, -0.1) is 0 Å². The molecule has 2 aromatic rings. The fourth-order valence-electron chi connectivity index (χ4n) is 14.1. The third-order valence-corrected chi connectivity index (χ3v) is 19.8. The normalized spacial score (nSPS) is 37.4. The van der Waals surface area contributed by atoms with E-state index >= 15 is 0 Å². The number of benzene rings is 2. The highest BCUT2D eigenvalue weighted by Crippen LogP contribution is 2.42. The fourth-order valence-corrected chi connectivity index (χ4v) is 14.1. The molecule has 44 heteroatoms. The van der Waals surface area contributed by atoms with Crippen LogP contribution in [0.3, 0.4) is 0 Å². The van der Waals surface area contributed by atoms with Crippen LogP contribution in [0.15, 0.2) is 60.7 Å². The first-order valence-electron chi connectivity index (χ1n) is 36.0. The van der Waals surface area contributed by atoms with Gasteiger partial charge in [0.1, 0.15) is 134 Å². The number of carboxylic acid groups (broad SMARTS) is 2. The van der Waals surface area contributed by atoms with Gasteiger partial charge in [0.15, 0.2) is 25.2 Å². The van der Waals surface area contributed by atoms with Crippen LogP contribution in [0.1, 0.15) is 51.7 Å². The van der Waals surface area contributed by atoms with Crippen molar-refractivity contribution in [1.29, 1.82) is 0 Å². The third kappa shape index (κ3) is 22.4. The first kappa shape index (κ1) is 92.5. The highest BCUT2D eigenvalue weighted by molar-refractivity contribution is 5.78. The second-order valence-corrected chi connectivity index (χ2v) is 28.5. The lowest BCUT2D eigenvalue weighted by molar-refractivity contribution is -0.384. The Hall–Kier alpha value is -6.02. The number of hydrogen-bond acceptors (Lipinski definition) is 38. The van der Waals surface area contributed by atoms with Gasteiger partial charge in [-0.3, -0.25) is 19.2 Å². The molecule has 0 unspecified atom stereocenters. The van der Waals surface area contributed by atoms with Crippen LogP contribution >= 0.6 is 0 Å². The van der Waals surface area contributed by atoms with Crippen molar-refractivity contribution < 1.29 is 197 Å². The Morgan fingerprint density at radius 3 is 1.05 bits per heavy atom. The minimum absolute atomic E-state index is 0.114. The summed E-state index contributed by atoms with van der Waals surface area (Å²) in [6.07, 6.45) is -57.0. The molecular formula is C69H104N4O40. The van der Waals surface area contributed by atoms with Crippen LogP contribution in [0.25, 0.3) is 0 Å². The van der Waals surface area contributed by atoms with Crippen molar-refractivity contribution in [2.24, 2.45) is 5.41 Å². The molecule has 32 atom stereocenters. The minimum Gasteiger partial charge on any atom is -0.477 e. The zero-order valence-corrected chi connectivity index (χ0v) is 61.6. The van der Waals surface area contributed by atoms with Gasteiger partial charge in [0.05, 0.1) is 109 Å². The number of carbonyl (C=O) groups excluding carboxylic acids is 4. The number of aliphatic carboxylic acids is 2. The number of hydrogen-bond donors (Lipinski definition) is 24. The van der Waals surface area contributed by atoms with Crippen LogP contribution in [0.5, 0.6) is 0 Å². The molecule has 0 spiro atoms. The van der Waals surface area contributed by atoms with Crippen LogP contribution in [-0.2, 0) is 108 Å². The largest absolute Gasteiger partial charge is 0.477 e. The lowest BCUT2D eigenvalue weighted by atomic mass is 9.88. The standard InChI is InChI=1S/C69H104N4O40/c1-29(80)70-43-35(84)15-68(65(96)97,110-57(43)47(88)37(86)17-74)112-59-49(90)39(19-76)104-63(53(59)94)108-55-41(21-78)106-61(45(51(55)92)72-31(3)82)102-27-67(25-100-23-33-11-7-5-8-12-33,26-101-24-34-13-9-6-10-14-34)28-103-62-46(73-32(4)83)52(93)56(42(22-79)107-62)109-64-54(95)60(50(91)40(20-77)105-64)113-69(66(98)99)16-36(85)44(71-30(2)81)58(111-69)48(89)38(87)18-75/h5-14,35-64,74-79,84-95H,15-28H2,1-4H3,(H,70,80)(H,71,81)(H,72,82)(H,73,83)(H,96,97)(H,98,99)/t35-,36-,37+,38+,39+,40+,41+,42+,43+,44+,45+,46+,47+,48+,49-,50-,51+,52+,53+,54+,55+,56+,57+,58+,59-,60-,61+,62+,63-,64-,68-,69-/m0/s1. The van der Waals surface area contributed by atoms with E-state index in [4.69, 9.17) is 66.3 Å². The molecule has 113 heavy (non-hydrogen) atoms. The van der Waals surface area contributed by atoms with E-state index in [-0.39, 0.29) is 13.2 Å². The fraction of sp³-hybridized carbons (Fsp3) is 0.739. The summed E-state index contributed by atoms with van der Waals surface area (Å²) in [5, 5.41) is 231. The van der Waals surface area contributed by atoms with Gasteiger partial charge >= 0.3 is 11.9 Å². The van der Waals surface area contributed by atoms with Crippen LogP contribution in [0, 0.1) is 5.41 Å². The molecule has 6 aliphatic rings. The Balaban J connectivity index is 1.08. The van der Waals surface area contributed by atoms with Gasteiger partial charge in [-0.1, -0.05) is 60.7 Å². The van der Waals surface area contributed by atoms with Gasteiger partial charge in [-0.25, -0.2) is 9.59 Å². The average Bonchev–Trinajstić information content (AvgIpc) is 0.752.